The van der Waals surface area contributed by atoms with Crippen LogP contribution in [0.4, 0.5) is 0 Å². The molecule has 1 fully saturated rings. The van der Waals surface area contributed by atoms with Crippen LogP contribution in [-0.2, 0) is 0 Å². The molecular formula is C18H26BrN3O. The molecule has 3 atom stereocenters. The van der Waals surface area contributed by atoms with Crippen molar-refractivity contribution in [2.24, 2.45) is 11.8 Å². The van der Waals surface area contributed by atoms with Crippen molar-refractivity contribution >= 4 is 26.8 Å². The van der Waals surface area contributed by atoms with E-state index in [4.69, 9.17) is 9.84 Å². The van der Waals surface area contributed by atoms with Gasteiger partial charge in [0.1, 0.15) is 5.75 Å². The van der Waals surface area contributed by atoms with Crippen LogP contribution in [0.25, 0.3) is 10.9 Å². The Morgan fingerprint density at radius 2 is 2.22 bits per heavy atom. The minimum Gasteiger partial charge on any atom is -0.495 e. The first kappa shape index (κ1) is 16.8. The molecule has 1 aliphatic rings. The first-order valence-corrected chi connectivity index (χ1v) is 9.28. The Balaban J connectivity index is 1.78. The van der Waals surface area contributed by atoms with Crippen molar-refractivity contribution in [3.05, 3.63) is 22.8 Å². The van der Waals surface area contributed by atoms with Gasteiger partial charge in [0.05, 0.1) is 23.1 Å². The number of fused-ring (bicyclic) bond motifs is 1. The number of hydrogen-bond acceptors (Lipinski definition) is 3. The van der Waals surface area contributed by atoms with E-state index in [0.29, 0.717) is 12.0 Å². The van der Waals surface area contributed by atoms with Crippen molar-refractivity contribution in [1.29, 1.82) is 0 Å². The summed E-state index contributed by atoms with van der Waals surface area (Å²) in [6, 6.07) is 4.62. The predicted molar refractivity (Wildman–Crippen MR) is 98.1 cm³/mol. The van der Waals surface area contributed by atoms with Gasteiger partial charge in [-0.2, -0.15) is 5.10 Å². The van der Waals surface area contributed by atoms with Crippen molar-refractivity contribution < 1.29 is 4.74 Å². The van der Waals surface area contributed by atoms with Crippen LogP contribution in [-0.4, -0.2) is 30.5 Å². The first-order chi connectivity index (χ1) is 11.1. The van der Waals surface area contributed by atoms with Gasteiger partial charge in [0.2, 0.25) is 0 Å². The lowest BCUT2D eigenvalue weighted by molar-refractivity contribution is 0.180. The maximum Gasteiger partial charge on any atom is 0.135 e. The molecule has 0 aliphatic heterocycles. The Labute approximate surface area is 146 Å². The third kappa shape index (κ3) is 3.56. The molecule has 1 aromatic heterocycles. The topological polar surface area (TPSA) is 39.1 Å². The number of halogens is 1. The van der Waals surface area contributed by atoms with Crippen LogP contribution >= 0.6 is 15.9 Å². The average molecular weight is 380 g/mol. The molecule has 0 amide bonds. The maximum atomic E-state index is 5.38. The average Bonchev–Trinajstić information content (AvgIpc) is 2.94. The lowest BCUT2D eigenvalue weighted by Crippen LogP contribution is -2.27. The van der Waals surface area contributed by atoms with E-state index in [-0.39, 0.29) is 0 Å². The number of ether oxygens (including phenoxy) is 1. The van der Waals surface area contributed by atoms with Crippen molar-refractivity contribution in [1.82, 2.24) is 15.1 Å². The fraction of sp³-hybridized carbons (Fsp3) is 0.611. The number of benzene rings is 1. The lowest BCUT2D eigenvalue weighted by atomic mass is 9.77. The molecule has 0 bridgehead atoms. The van der Waals surface area contributed by atoms with E-state index in [1.807, 2.05) is 13.1 Å². The zero-order valence-corrected chi connectivity index (χ0v) is 15.8. The van der Waals surface area contributed by atoms with Gasteiger partial charge in [0.25, 0.3) is 0 Å². The quantitative estimate of drug-likeness (QED) is 0.836. The van der Waals surface area contributed by atoms with Crippen molar-refractivity contribution in [2.45, 2.75) is 38.6 Å². The smallest absolute Gasteiger partial charge is 0.135 e. The number of rotatable bonds is 5. The second-order valence-electron chi connectivity index (χ2n) is 6.77. The number of nitrogens with zero attached hydrogens (tertiary/aromatic N) is 2. The summed E-state index contributed by atoms with van der Waals surface area (Å²) in [5, 5.41) is 9.27. The molecule has 1 saturated carbocycles. The number of nitrogens with one attached hydrogen (secondary N) is 1. The van der Waals surface area contributed by atoms with E-state index in [9.17, 15) is 0 Å². The van der Waals surface area contributed by atoms with Crippen LogP contribution in [0.3, 0.4) is 0 Å². The number of hydrogen-bond donors (Lipinski definition) is 1. The molecule has 3 rings (SSSR count). The van der Waals surface area contributed by atoms with Gasteiger partial charge in [-0.3, -0.25) is 4.68 Å². The Morgan fingerprint density at radius 1 is 1.39 bits per heavy atom. The SMILES string of the molecule is CNCCC1CCC(n2cc3cc(Br)c(OC)cc3n2)[C@H](C)C1. The van der Waals surface area contributed by atoms with Crippen LogP contribution in [0.15, 0.2) is 22.8 Å². The van der Waals surface area contributed by atoms with Gasteiger partial charge >= 0.3 is 0 Å². The molecule has 4 nitrogen and oxygen atoms in total. The maximum absolute atomic E-state index is 5.38. The monoisotopic (exact) mass is 379 g/mol. The number of methoxy groups -OCH3 is 1. The second-order valence-corrected chi connectivity index (χ2v) is 7.62. The number of aromatic nitrogens is 2. The molecular weight excluding hydrogens is 354 g/mol. The van der Waals surface area contributed by atoms with Crippen LogP contribution in [0.5, 0.6) is 5.75 Å². The van der Waals surface area contributed by atoms with Crippen LogP contribution in [0, 0.1) is 11.8 Å². The third-order valence-electron chi connectivity index (χ3n) is 5.17. The highest BCUT2D eigenvalue weighted by Gasteiger charge is 2.29. The van der Waals surface area contributed by atoms with Gasteiger partial charge in [-0.25, -0.2) is 0 Å². The summed E-state index contributed by atoms with van der Waals surface area (Å²) in [5.74, 6) is 2.37. The molecule has 0 saturated heterocycles. The summed E-state index contributed by atoms with van der Waals surface area (Å²) in [6.07, 6.45) is 7.31. The summed E-state index contributed by atoms with van der Waals surface area (Å²) in [5.41, 5.74) is 1.01. The molecule has 126 valence electrons. The van der Waals surface area contributed by atoms with E-state index in [0.717, 1.165) is 28.2 Å². The molecule has 1 aromatic carbocycles. The molecule has 0 spiro atoms. The highest BCUT2D eigenvalue weighted by Crippen LogP contribution is 2.39. The van der Waals surface area contributed by atoms with E-state index >= 15 is 0 Å². The van der Waals surface area contributed by atoms with E-state index in [1.54, 1.807) is 7.11 Å². The van der Waals surface area contributed by atoms with E-state index in [1.165, 1.54) is 31.1 Å². The second kappa shape index (κ2) is 7.22. The molecule has 1 N–H and O–H groups in total. The van der Waals surface area contributed by atoms with Crippen molar-refractivity contribution in [2.75, 3.05) is 20.7 Å². The fourth-order valence-corrected chi connectivity index (χ4v) is 4.39. The van der Waals surface area contributed by atoms with Crippen molar-refractivity contribution in [3.8, 4) is 5.75 Å². The minimum absolute atomic E-state index is 0.512. The Bertz CT molecular complexity index is 670. The molecule has 5 heteroatoms. The van der Waals surface area contributed by atoms with Gasteiger partial charge in [0.15, 0.2) is 0 Å². The standard InChI is InChI=1S/C18H26BrN3O/c1-12-8-13(6-7-20-2)4-5-17(12)22-11-14-9-15(19)18(23-3)10-16(14)21-22/h9-13,17,20H,4-8H2,1-3H3/t12-,13?,17?/m1/s1. The summed E-state index contributed by atoms with van der Waals surface area (Å²) < 4.78 is 8.55. The predicted octanol–water partition coefficient (Wildman–Crippen LogP) is 4.39. The van der Waals surface area contributed by atoms with Crippen molar-refractivity contribution in [3.63, 3.8) is 0 Å². The zero-order valence-electron chi connectivity index (χ0n) is 14.2. The lowest BCUT2D eigenvalue weighted by Gasteiger charge is -2.34. The zero-order chi connectivity index (χ0) is 16.4. The van der Waals surface area contributed by atoms with Crippen LogP contribution < -0.4 is 10.1 Å². The molecule has 0 radical (unpaired) electrons. The minimum atomic E-state index is 0.512. The Hall–Kier alpha value is -1.07. The molecule has 23 heavy (non-hydrogen) atoms. The first-order valence-electron chi connectivity index (χ1n) is 8.49. The van der Waals surface area contributed by atoms with Crippen LogP contribution in [0.1, 0.15) is 38.6 Å². The highest BCUT2D eigenvalue weighted by atomic mass is 79.9. The summed E-state index contributed by atoms with van der Waals surface area (Å²) in [6.45, 7) is 3.50. The normalized spacial score (nSPS) is 25.0. The highest BCUT2D eigenvalue weighted by molar-refractivity contribution is 9.10. The Kier molecular flexibility index (Phi) is 5.27. The molecule has 1 heterocycles. The third-order valence-corrected chi connectivity index (χ3v) is 5.79. The van der Waals surface area contributed by atoms with Gasteiger partial charge in [-0.15, -0.1) is 0 Å². The van der Waals surface area contributed by atoms with E-state index < -0.39 is 0 Å². The van der Waals surface area contributed by atoms with Crippen LogP contribution in [0.2, 0.25) is 0 Å². The van der Waals surface area contributed by atoms with Gasteiger partial charge in [-0.1, -0.05) is 6.92 Å². The van der Waals surface area contributed by atoms with Gasteiger partial charge in [0, 0.05) is 17.6 Å². The summed E-state index contributed by atoms with van der Waals surface area (Å²) in [4.78, 5) is 0. The summed E-state index contributed by atoms with van der Waals surface area (Å²) >= 11 is 3.56. The molecule has 1 aliphatic carbocycles. The Morgan fingerprint density at radius 3 is 2.91 bits per heavy atom. The molecule has 2 aromatic rings. The molecule has 2 unspecified atom stereocenters. The largest absolute Gasteiger partial charge is 0.495 e. The summed E-state index contributed by atoms with van der Waals surface area (Å²) in [7, 11) is 3.73. The van der Waals surface area contributed by atoms with Gasteiger partial charge < -0.3 is 10.1 Å². The van der Waals surface area contributed by atoms with E-state index in [2.05, 4.69) is 45.1 Å². The fourth-order valence-electron chi connectivity index (χ4n) is 3.87. The van der Waals surface area contributed by atoms with Gasteiger partial charge in [-0.05, 0) is 73.1 Å².